The van der Waals surface area contributed by atoms with E-state index in [4.69, 9.17) is 0 Å². The van der Waals surface area contributed by atoms with Crippen molar-refractivity contribution >= 4 is 29.4 Å². The molecule has 1 aliphatic carbocycles. The van der Waals surface area contributed by atoms with Crippen molar-refractivity contribution in [1.29, 1.82) is 0 Å². The van der Waals surface area contributed by atoms with E-state index in [0.717, 1.165) is 12.0 Å². The zero-order valence-electron chi connectivity index (χ0n) is 23.2. The Balaban J connectivity index is 1.51. The molecule has 1 aromatic rings. The van der Waals surface area contributed by atoms with Crippen LogP contribution < -0.4 is 16.1 Å². The molecular weight excluding hydrogens is 484 g/mol. The molecular formula is C28H42N6O4. The Morgan fingerprint density at radius 3 is 2.42 bits per heavy atom. The van der Waals surface area contributed by atoms with E-state index in [0.29, 0.717) is 49.9 Å². The number of fused-ring (bicyclic) bond motifs is 3. The first-order valence-electron chi connectivity index (χ1n) is 13.9. The van der Waals surface area contributed by atoms with Crippen LogP contribution in [0.3, 0.4) is 0 Å². The number of carbonyl (C=O) groups excluding carboxylic acids is 4. The van der Waals surface area contributed by atoms with E-state index in [1.165, 1.54) is 5.01 Å². The van der Waals surface area contributed by atoms with Gasteiger partial charge in [-0.15, -0.1) is 0 Å². The number of rotatable bonds is 9. The summed E-state index contributed by atoms with van der Waals surface area (Å²) in [5.74, 6) is -0.198. The van der Waals surface area contributed by atoms with Crippen LogP contribution in [0.25, 0.3) is 0 Å². The lowest BCUT2D eigenvalue weighted by Gasteiger charge is -2.50. The summed E-state index contributed by atoms with van der Waals surface area (Å²) in [6.07, 6.45) is 1.76. The molecule has 2 aliphatic heterocycles. The van der Waals surface area contributed by atoms with E-state index < -0.39 is 12.3 Å². The summed E-state index contributed by atoms with van der Waals surface area (Å²) < 4.78 is 0. The zero-order valence-corrected chi connectivity index (χ0v) is 23.2. The summed E-state index contributed by atoms with van der Waals surface area (Å²) in [6.45, 7) is 11.2. The van der Waals surface area contributed by atoms with E-state index in [1.54, 1.807) is 9.80 Å². The van der Waals surface area contributed by atoms with Gasteiger partial charge in [-0.05, 0) is 56.6 Å². The summed E-state index contributed by atoms with van der Waals surface area (Å²) in [4.78, 5) is 56.5. The SMILES string of the molecule is Cc1ccc(NC(=O)CN2NC3N(CCC(C)C)C(=O)C4CCC(C(=O)NCC(C)C)CC4N3C2=O)cc1. The van der Waals surface area contributed by atoms with Gasteiger partial charge in [0.15, 0.2) is 6.29 Å². The van der Waals surface area contributed by atoms with Crippen molar-refractivity contribution in [2.24, 2.45) is 23.7 Å². The quantitative estimate of drug-likeness (QED) is 0.458. The van der Waals surface area contributed by atoms with Crippen LogP contribution in [-0.2, 0) is 14.4 Å². The van der Waals surface area contributed by atoms with Gasteiger partial charge < -0.3 is 15.5 Å². The lowest BCUT2D eigenvalue weighted by molar-refractivity contribution is -0.159. The predicted molar refractivity (Wildman–Crippen MR) is 144 cm³/mol. The smallest absolute Gasteiger partial charge is 0.337 e. The minimum atomic E-state index is -0.667. The van der Waals surface area contributed by atoms with Crippen LogP contribution in [0.15, 0.2) is 24.3 Å². The van der Waals surface area contributed by atoms with Gasteiger partial charge in [-0.25, -0.2) is 9.80 Å². The molecule has 38 heavy (non-hydrogen) atoms. The molecule has 0 spiro atoms. The molecule has 1 saturated carbocycles. The number of amides is 5. The summed E-state index contributed by atoms with van der Waals surface area (Å²) >= 11 is 0. The van der Waals surface area contributed by atoms with Crippen LogP contribution >= 0.6 is 0 Å². The molecule has 4 rings (SSSR count). The van der Waals surface area contributed by atoms with Gasteiger partial charge in [0.05, 0.1) is 5.92 Å². The van der Waals surface area contributed by atoms with Gasteiger partial charge in [-0.3, -0.25) is 19.3 Å². The number of hydrogen-bond donors (Lipinski definition) is 3. The third-order valence-electron chi connectivity index (χ3n) is 7.70. The first kappa shape index (κ1) is 27.9. The number of nitrogens with one attached hydrogen (secondary N) is 3. The van der Waals surface area contributed by atoms with Crippen LogP contribution in [0.4, 0.5) is 10.5 Å². The Morgan fingerprint density at radius 1 is 1.05 bits per heavy atom. The van der Waals surface area contributed by atoms with Crippen LogP contribution in [0.5, 0.6) is 0 Å². The van der Waals surface area contributed by atoms with Crippen molar-refractivity contribution < 1.29 is 19.2 Å². The molecule has 208 valence electrons. The Hall–Kier alpha value is -3.14. The minimum Gasteiger partial charge on any atom is -0.356 e. The number of nitrogens with zero attached hydrogens (tertiary/aromatic N) is 3. The highest BCUT2D eigenvalue weighted by molar-refractivity contribution is 5.95. The van der Waals surface area contributed by atoms with Crippen LogP contribution in [-0.4, -0.2) is 70.5 Å². The zero-order chi connectivity index (χ0) is 27.6. The first-order valence-corrected chi connectivity index (χ1v) is 13.9. The van der Waals surface area contributed by atoms with Gasteiger partial charge in [0.25, 0.3) is 0 Å². The number of benzene rings is 1. The third-order valence-corrected chi connectivity index (χ3v) is 7.70. The molecule has 10 nitrogen and oxygen atoms in total. The average molecular weight is 527 g/mol. The van der Waals surface area contributed by atoms with Crippen LogP contribution in [0.2, 0.25) is 0 Å². The van der Waals surface area contributed by atoms with Gasteiger partial charge in [0.2, 0.25) is 17.7 Å². The standard InChI is InChI=1S/C28H42N6O4/c1-17(2)12-13-32-26(37)22-11-8-20(25(36)29-15-18(3)4)14-23(22)34-27(32)31-33(28(34)38)16-24(35)30-21-9-6-19(5)7-10-21/h6-7,9-10,17-18,20,22-23,27,31H,8,11-16H2,1-5H3,(H,29,36)(H,30,35). The summed E-state index contributed by atoms with van der Waals surface area (Å²) in [5.41, 5.74) is 4.88. The molecule has 3 aliphatic rings. The second-order valence-corrected chi connectivity index (χ2v) is 11.7. The van der Waals surface area contributed by atoms with Gasteiger partial charge in [-0.2, -0.15) is 5.43 Å². The minimum absolute atomic E-state index is 0.0164. The lowest BCUT2D eigenvalue weighted by Crippen LogP contribution is -2.67. The Labute approximate surface area is 225 Å². The maximum Gasteiger partial charge on any atom is 0.337 e. The second-order valence-electron chi connectivity index (χ2n) is 11.7. The Kier molecular flexibility index (Phi) is 8.60. The highest BCUT2D eigenvalue weighted by Gasteiger charge is 2.56. The van der Waals surface area contributed by atoms with Crippen molar-refractivity contribution in [3.05, 3.63) is 29.8 Å². The van der Waals surface area contributed by atoms with Gasteiger partial charge >= 0.3 is 6.03 Å². The van der Waals surface area contributed by atoms with E-state index >= 15 is 0 Å². The molecule has 4 atom stereocenters. The number of hydrogen-bond acceptors (Lipinski definition) is 5. The molecule has 10 heteroatoms. The number of carbonyl (C=O) groups is 4. The highest BCUT2D eigenvalue weighted by atomic mass is 16.2. The fourth-order valence-corrected chi connectivity index (χ4v) is 5.53. The van der Waals surface area contributed by atoms with Gasteiger partial charge in [0, 0.05) is 30.7 Å². The molecule has 1 aromatic carbocycles. The molecule has 0 aromatic heterocycles. The molecule has 2 saturated heterocycles. The van der Waals surface area contributed by atoms with Crippen LogP contribution in [0, 0.1) is 30.6 Å². The van der Waals surface area contributed by atoms with Crippen molar-refractivity contribution in [3.8, 4) is 0 Å². The van der Waals surface area contributed by atoms with Crippen molar-refractivity contribution in [2.75, 3.05) is 25.0 Å². The number of urea groups is 1. The largest absolute Gasteiger partial charge is 0.356 e. The number of anilines is 1. The van der Waals surface area contributed by atoms with Gasteiger partial charge in [0.1, 0.15) is 6.54 Å². The summed E-state index contributed by atoms with van der Waals surface area (Å²) in [5, 5.41) is 7.15. The Bertz CT molecular complexity index is 1040. The topological polar surface area (TPSA) is 114 Å². The molecule has 0 radical (unpaired) electrons. The third kappa shape index (κ3) is 6.11. The molecule has 4 unspecified atom stereocenters. The normalized spacial score (nSPS) is 25.1. The monoisotopic (exact) mass is 526 g/mol. The first-order chi connectivity index (χ1) is 18.0. The lowest BCUT2D eigenvalue weighted by atomic mass is 9.75. The number of aryl methyl sites for hydroxylation is 1. The molecule has 5 amide bonds. The van der Waals surface area contributed by atoms with E-state index in [9.17, 15) is 19.2 Å². The van der Waals surface area contributed by atoms with E-state index in [2.05, 4.69) is 29.9 Å². The molecule has 0 bridgehead atoms. The molecule has 3 fully saturated rings. The second kappa shape index (κ2) is 11.7. The maximum absolute atomic E-state index is 13.7. The summed E-state index contributed by atoms with van der Waals surface area (Å²) in [7, 11) is 0. The summed E-state index contributed by atoms with van der Waals surface area (Å²) in [6, 6.07) is 6.72. The maximum atomic E-state index is 13.7. The average Bonchev–Trinajstić information content (AvgIpc) is 3.18. The predicted octanol–water partition coefficient (Wildman–Crippen LogP) is 2.90. The van der Waals surface area contributed by atoms with Gasteiger partial charge in [-0.1, -0.05) is 45.4 Å². The number of hydrazine groups is 1. The van der Waals surface area contributed by atoms with Crippen molar-refractivity contribution in [2.45, 2.75) is 72.6 Å². The van der Waals surface area contributed by atoms with Crippen molar-refractivity contribution in [3.63, 3.8) is 0 Å². The van der Waals surface area contributed by atoms with E-state index in [-0.39, 0.29) is 42.1 Å². The molecule has 2 heterocycles. The fraction of sp³-hybridized carbons (Fsp3) is 0.643. The van der Waals surface area contributed by atoms with Crippen LogP contribution in [0.1, 0.15) is 58.9 Å². The molecule has 3 N–H and O–H groups in total. The highest BCUT2D eigenvalue weighted by Crippen LogP contribution is 2.40. The Morgan fingerprint density at radius 2 is 1.76 bits per heavy atom. The fourth-order valence-electron chi connectivity index (χ4n) is 5.53. The van der Waals surface area contributed by atoms with Crippen molar-refractivity contribution in [1.82, 2.24) is 25.6 Å². The van der Waals surface area contributed by atoms with E-state index in [1.807, 2.05) is 45.0 Å².